The molecule has 0 heterocycles. The van der Waals surface area contributed by atoms with E-state index in [9.17, 15) is 0 Å². The van der Waals surface area contributed by atoms with Gasteiger partial charge in [-0.2, -0.15) is 0 Å². The van der Waals surface area contributed by atoms with E-state index in [4.69, 9.17) is 5.41 Å². The molecule has 17 heavy (non-hydrogen) atoms. The maximum atomic E-state index is 7.11. The Balaban J connectivity index is -0.000000285. The highest BCUT2D eigenvalue weighted by Gasteiger charge is 1.94. The van der Waals surface area contributed by atoms with Gasteiger partial charge in [-0.25, -0.2) is 0 Å². The van der Waals surface area contributed by atoms with Gasteiger partial charge in [-0.3, -0.25) is 0 Å². The third kappa shape index (κ3) is 9.55. The second-order valence-electron chi connectivity index (χ2n) is 2.48. The molecule has 0 saturated heterocycles. The molecule has 0 aliphatic heterocycles. The Morgan fingerprint density at radius 1 is 0.941 bits per heavy atom. The molecule has 0 spiro atoms. The van der Waals surface area contributed by atoms with E-state index in [1.165, 1.54) is 11.8 Å². The van der Waals surface area contributed by atoms with Crippen molar-refractivity contribution in [1.29, 1.82) is 5.41 Å². The second-order valence-corrected chi connectivity index (χ2v) is 2.48. The van der Waals surface area contributed by atoms with Gasteiger partial charge in [0.05, 0.1) is 0 Å². The Bertz CT molecular complexity index is 288. The van der Waals surface area contributed by atoms with Gasteiger partial charge in [-0.15, -0.1) is 0 Å². The second kappa shape index (κ2) is 17.0. The van der Waals surface area contributed by atoms with E-state index in [0.717, 1.165) is 11.1 Å². The average Bonchev–Trinajstić information content (AvgIpc) is 2.45. The van der Waals surface area contributed by atoms with E-state index in [2.05, 4.69) is 6.58 Å². The highest BCUT2D eigenvalue weighted by molar-refractivity contribution is 5.83. The first kappa shape index (κ1) is 21.0. The lowest BCUT2D eigenvalue weighted by Gasteiger charge is -1.99. The summed E-state index contributed by atoms with van der Waals surface area (Å²) in [6.45, 7) is 17.7. The van der Waals surface area contributed by atoms with Crippen LogP contribution in [0.3, 0.4) is 0 Å². The molecule has 0 aliphatic rings. The van der Waals surface area contributed by atoms with E-state index in [1.807, 2.05) is 66.7 Å². The summed E-state index contributed by atoms with van der Waals surface area (Å²) < 4.78 is 0. The van der Waals surface area contributed by atoms with Crippen LogP contribution in [0.5, 0.6) is 0 Å². The average molecular weight is 235 g/mol. The van der Waals surface area contributed by atoms with Crippen LogP contribution >= 0.6 is 0 Å². The zero-order valence-electron chi connectivity index (χ0n) is 12.6. The predicted molar refractivity (Wildman–Crippen MR) is 83.2 cm³/mol. The number of hydrogen-bond acceptors (Lipinski definition) is 1. The Morgan fingerprint density at radius 3 is 1.76 bits per heavy atom. The van der Waals surface area contributed by atoms with Crippen LogP contribution in [0.1, 0.15) is 58.2 Å². The molecule has 1 nitrogen and oxygen atoms in total. The summed E-state index contributed by atoms with van der Waals surface area (Å²) in [5, 5.41) is 7.11. The third-order valence-corrected chi connectivity index (χ3v) is 1.62. The van der Waals surface area contributed by atoms with Gasteiger partial charge in [0.1, 0.15) is 0 Å². The Kier molecular flexibility index (Phi) is 21.0. The summed E-state index contributed by atoms with van der Waals surface area (Å²) in [4.78, 5) is 0. The smallest absolute Gasteiger partial charge is 0.0256 e. The molecule has 1 heteroatoms. The molecule has 1 aromatic carbocycles. The van der Waals surface area contributed by atoms with Crippen LogP contribution in [0.4, 0.5) is 0 Å². The van der Waals surface area contributed by atoms with Crippen molar-refractivity contribution in [3.8, 4) is 0 Å². The first-order valence-electron chi connectivity index (χ1n) is 6.51. The minimum absolute atomic E-state index is 0.931. The van der Waals surface area contributed by atoms with Crippen molar-refractivity contribution >= 4 is 12.3 Å². The SMILES string of the molecule is C=Cc1ccc(C)cc1C=N.CC.CC.CC. The largest absolute Gasteiger partial charge is 0.308 e. The molecule has 0 fully saturated rings. The minimum atomic E-state index is 0.931. The van der Waals surface area contributed by atoms with Crippen LogP contribution in [0.2, 0.25) is 0 Å². The molecule has 1 rings (SSSR count). The van der Waals surface area contributed by atoms with Crippen molar-refractivity contribution in [1.82, 2.24) is 0 Å². The first-order valence-corrected chi connectivity index (χ1v) is 6.51. The van der Waals surface area contributed by atoms with Crippen LogP contribution in [0, 0.1) is 12.3 Å². The number of nitrogens with one attached hydrogen (secondary N) is 1. The fourth-order valence-corrected chi connectivity index (χ4v) is 1.01. The van der Waals surface area contributed by atoms with Crippen LogP contribution < -0.4 is 0 Å². The van der Waals surface area contributed by atoms with Crippen molar-refractivity contribution in [3.63, 3.8) is 0 Å². The lowest BCUT2D eigenvalue weighted by Crippen LogP contribution is -1.86. The molecule has 0 saturated carbocycles. The lowest BCUT2D eigenvalue weighted by atomic mass is 10.1. The highest BCUT2D eigenvalue weighted by Crippen LogP contribution is 2.10. The van der Waals surface area contributed by atoms with Gasteiger partial charge < -0.3 is 5.41 Å². The summed E-state index contributed by atoms with van der Waals surface area (Å²) in [5.41, 5.74) is 3.12. The summed E-state index contributed by atoms with van der Waals surface area (Å²) in [6.07, 6.45) is 3.11. The summed E-state index contributed by atoms with van der Waals surface area (Å²) >= 11 is 0. The number of hydrogen-bond donors (Lipinski definition) is 1. The minimum Gasteiger partial charge on any atom is -0.308 e. The monoisotopic (exact) mass is 235 g/mol. The molecule has 98 valence electrons. The van der Waals surface area contributed by atoms with Crippen molar-refractivity contribution in [2.45, 2.75) is 48.5 Å². The normalized spacial score (nSPS) is 7.00. The molecule has 0 radical (unpaired) electrons. The summed E-state index contributed by atoms with van der Waals surface area (Å²) in [7, 11) is 0. The Morgan fingerprint density at radius 2 is 1.41 bits per heavy atom. The molecule has 0 aliphatic carbocycles. The van der Waals surface area contributed by atoms with Gasteiger partial charge in [-0.05, 0) is 24.1 Å². The van der Waals surface area contributed by atoms with E-state index >= 15 is 0 Å². The van der Waals surface area contributed by atoms with Crippen molar-refractivity contribution in [2.75, 3.05) is 0 Å². The Hall–Kier alpha value is -1.37. The first-order chi connectivity index (χ1) is 8.27. The molecule has 0 aromatic heterocycles. The number of aryl methyl sites for hydroxylation is 1. The van der Waals surface area contributed by atoms with Gasteiger partial charge in [0.15, 0.2) is 0 Å². The summed E-state index contributed by atoms with van der Waals surface area (Å²) in [6, 6.07) is 5.97. The van der Waals surface area contributed by atoms with Gasteiger partial charge >= 0.3 is 0 Å². The van der Waals surface area contributed by atoms with Crippen LogP contribution in [-0.4, -0.2) is 6.21 Å². The molecule has 0 bridgehead atoms. The van der Waals surface area contributed by atoms with E-state index < -0.39 is 0 Å². The van der Waals surface area contributed by atoms with Gasteiger partial charge in [-0.1, -0.05) is 71.9 Å². The van der Waals surface area contributed by atoms with Gasteiger partial charge in [0.2, 0.25) is 0 Å². The molecule has 0 unspecified atom stereocenters. The fraction of sp³-hybridized carbons (Fsp3) is 0.438. The molecule has 1 N–H and O–H groups in total. The third-order valence-electron chi connectivity index (χ3n) is 1.62. The van der Waals surface area contributed by atoms with Crippen LogP contribution in [-0.2, 0) is 0 Å². The van der Waals surface area contributed by atoms with Crippen LogP contribution in [0.25, 0.3) is 6.08 Å². The van der Waals surface area contributed by atoms with Crippen LogP contribution in [0.15, 0.2) is 24.8 Å². The van der Waals surface area contributed by atoms with Crippen molar-refractivity contribution in [2.24, 2.45) is 0 Å². The standard InChI is InChI=1S/C10H11N.3C2H6/c1-3-9-5-4-8(2)6-10(9)7-11;3*1-2/h3-7,11H,1H2,2H3;3*1-2H3. The maximum absolute atomic E-state index is 7.11. The molecule has 0 amide bonds. The zero-order chi connectivity index (χ0) is 14.3. The topological polar surface area (TPSA) is 23.9 Å². The molecule has 0 atom stereocenters. The Labute approximate surface area is 108 Å². The molecular weight excluding hydrogens is 206 g/mol. The number of rotatable bonds is 2. The predicted octanol–water partition coefficient (Wildman–Crippen LogP) is 5.71. The van der Waals surface area contributed by atoms with Crippen molar-refractivity contribution in [3.05, 3.63) is 41.5 Å². The van der Waals surface area contributed by atoms with E-state index in [1.54, 1.807) is 6.08 Å². The van der Waals surface area contributed by atoms with Crippen molar-refractivity contribution < 1.29 is 0 Å². The maximum Gasteiger partial charge on any atom is 0.0256 e. The van der Waals surface area contributed by atoms with Gasteiger partial charge in [0.25, 0.3) is 0 Å². The van der Waals surface area contributed by atoms with Gasteiger partial charge in [0, 0.05) is 6.21 Å². The zero-order valence-corrected chi connectivity index (χ0v) is 12.6. The van der Waals surface area contributed by atoms with E-state index in [-0.39, 0.29) is 0 Å². The fourth-order valence-electron chi connectivity index (χ4n) is 1.01. The lowest BCUT2D eigenvalue weighted by molar-refractivity contribution is 1.44. The molecule has 1 aromatic rings. The van der Waals surface area contributed by atoms with E-state index in [0.29, 0.717) is 0 Å². The highest BCUT2D eigenvalue weighted by atomic mass is 14.3. The molecular formula is C16H29N. The summed E-state index contributed by atoms with van der Waals surface area (Å²) in [5.74, 6) is 0. The number of benzene rings is 1. The quantitative estimate of drug-likeness (QED) is 0.634.